The molecule has 0 aliphatic rings. The second-order valence-corrected chi connectivity index (χ2v) is 11.9. The average Bonchev–Trinajstić information content (AvgIpc) is 3.34. The number of nitrogens with one attached hydrogen (secondary N) is 3. The second-order valence-electron chi connectivity index (χ2n) is 11.9. The van der Waals surface area contributed by atoms with Crippen LogP contribution in [0.25, 0.3) is 11.0 Å². The molecule has 0 unspecified atom stereocenters. The summed E-state index contributed by atoms with van der Waals surface area (Å²) in [6, 6.07) is 7.58. The van der Waals surface area contributed by atoms with Crippen molar-refractivity contribution in [3.05, 3.63) is 70.4 Å². The van der Waals surface area contributed by atoms with E-state index in [9.17, 15) is 24.0 Å². The molecule has 3 rings (SSSR count). The van der Waals surface area contributed by atoms with Crippen molar-refractivity contribution in [1.82, 2.24) is 24.8 Å². The SMILES string of the molecule is CNC(=O)/C=C/CC[C@H](NC(=O)OC)C(=O)Nc1cccn(Cc2nc3c(CC(C)C)cccc3n2C(=O)OC(C)(C)C)c1=O. The summed E-state index contributed by atoms with van der Waals surface area (Å²) in [4.78, 5) is 68.3. The molecule has 0 saturated carbocycles. The summed E-state index contributed by atoms with van der Waals surface area (Å²) in [6.07, 6.45) is 4.12. The molecular weight excluding hydrogens is 580 g/mol. The lowest BCUT2D eigenvalue weighted by molar-refractivity contribution is -0.118. The number of carbonyl (C=O) groups excluding carboxylic acids is 4. The molecule has 0 aliphatic carbocycles. The van der Waals surface area contributed by atoms with E-state index in [4.69, 9.17) is 9.72 Å². The largest absolute Gasteiger partial charge is 0.453 e. The second kappa shape index (κ2) is 15.2. The van der Waals surface area contributed by atoms with Crippen LogP contribution in [-0.4, -0.2) is 63.9 Å². The van der Waals surface area contributed by atoms with Gasteiger partial charge in [0.2, 0.25) is 11.8 Å². The molecule has 0 bridgehead atoms. The van der Waals surface area contributed by atoms with E-state index < -0.39 is 35.3 Å². The number of hydrogen-bond donors (Lipinski definition) is 3. The zero-order valence-corrected chi connectivity index (χ0v) is 26.8. The van der Waals surface area contributed by atoms with Crippen molar-refractivity contribution >= 4 is 40.7 Å². The number of aromatic nitrogens is 3. The molecule has 0 spiro atoms. The van der Waals surface area contributed by atoms with E-state index in [1.54, 1.807) is 39.0 Å². The Balaban J connectivity index is 1.95. The number of methoxy groups -OCH3 is 1. The van der Waals surface area contributed by atoms with Crippen molar-refractivity contribution in [2.75, 3.05) is 19.5 Å². The molecular formula is C32H42N6O7. The Morgan fingerprint density at radius 2 is 1.82 bits per heavy atom. The summed E-state index contributed by atoms with van der Waals surface area (Å²) in [7, 11) is 2.66. The molecule has 13 heteroatoms. The fourth-order valence-electron chi connectivity index (χ4n) is 4.56. The number of amides is 3. The number of likely N-dealkylation sites (N-methyl/N-ethyl adjacent to an activating group) is 1. The number of alkyl carbamates (subject to hydrolysis) is 1. The van der Waals surface area contributed by atoms with Crippen molar-refractivity contribution in [1.29, 1.82) is 0 Å². The van der Waals surface area contributed by atoms with Crippen LogP contribution in [0.4, 0.5) is 15.3 Å². The highest BCUT2D eigenvalue weighted by atomic mass is 16.6. The van der Waals surface area contributed by atoms with Crippen molar-refractivity contribution in [2.45, 2.75) is 72.1 Å². The van der Waals surface area contributed by atoms with Crippen molar-refractivity contribution in [2.24, 2.45) is 5.92 Å². The van der Waals surface area contributed by atoms with Gasteiger partial charge in [-0.25, -0.2) is 19.1 Å². The predicted molar refractivity (Wildman–Crippen MR) is 170 cm³/mol. The van der Waals surface area contributed by atoms with E-state index in [1.165, 1.54) is 41.6 Å². The van der Waals surface area contributed by atoms with E-state index >= 15 is 0 Å². The third-order valence-corrected chi connectivity index (χ3v) is 6.56. The van der Waals surface area contributed by atoms with Gasteiger partial charge in [0.1, 0.15) is 23.2 Å². The summed E-state index contributed by atoms with van der Waals surface area (Å²) >= 11 is 0. The van der Waals surface area contributed by atoms with E-state index in [2.05, 4.69) is 34.5 Å². The van der Waals surface area contributed by atoms with Gasteiger partial charge in [0.05, 0.1) is 24.7 Å². The number of imidazole rings is 1. The van der Waals surface area contributed by atoms with Gasteiger partial charge in [0, 0.05) is 13.2 Å². The number of carbonyl (C=O) groups is 4. The molecule has 0 saturated heterocycles. The Morgan fingerprint density at radius 3 is 2.47 bits per heavy atom. The average molecular weight is 623 g/mol. The van der Waals surface area contributed by atoms with Gasteiger partial charge in [0.15, 0.2) is 0 Å². The van der Waals surface area contributed by atoms with Crippen LogP contribution >= 0.6 is 0 Å². The molecule has 13 nitrogen and oxygen atoms in total. The number of pyridine rings is 1. The minimum absolute atomic E-state index is 0.0412. The monoisotopic (exact) mass is 622 g/mol. The quantitative estimate of drug-likeness (QED) is 0.271. The summed E-state index contributed by atoms with van der Waals surface area (Å²) in [5, 5.41) is 7.49. The lowest BCUT2D eigenvalue weighted by Gasteiger charge is -2.20. The number of nitrogens with zero attached hydrogens (tertiary/aromatic N) is 3. The fraction of sp³-hybridized carbons (Fsp3) is 0.438. The van der Waals surface area contributed by atoms with Crippen LogP contribution < -0.4 is 21.5 Å². The summed E-state index contributed by atoms with van der Waals surface area (Å²) in [5.41, 5.74) is 0.819. The third kappa shape index (κ3) is 9.52. The maximum atomic E-state index is 13.5. The van der Waals surface area contributed by atoms with Crippen LogP contribution in [0.5, 0.6) is 0 Å². The zero-order valence-electron chi connectivity index (χ0n) is 26.8. The highest BCUT2D eigenvalue weighted by Gasteiger charge is 2.26. The molecule has 3 aromatic rings. The Bertz CT molecular complexity index is 1630. The van der Waals surface area contributed by atoms with Gasteiger partial charge in [-0.05, 0) is 75.8 Å². The number of hydrogen-bond acceptors (Lipinski definition) is 8. The van der Waals surface area contributed by atoms with Crippen molar-refractivity contribution in [3.8, 4) is 0 Å². The predicted octanol–water partition coefficient (Wildman–Crippen LogP) is 3.97. The van der Waals surface area contributed by atoms with E-state index in [0.717, 1.165) is 12.0 Å². The molecule has 0 aliphatic heterocycles. The molecule has 242 valence electrons. The Morgan fingerprint density at radius 1 is 1.09 bits per heavy atom. The van der Waals surface area contributed by atoms with Crippen LogP contribution in [-0.2, 0) is 32.0 Å². The molecule has 1 aromatic carbocycles. The minimum atomic E-state index is -1.06. The van der Waals surface area contributed by atoms with Crippen molar-refractivity contribution in [3.63, 3.8) is 0 Å². The Kier molecular flexibility index (Phi) is 11.7. The standard InChI is InChI=1S/C32H42N6O7/c1-20(2)18-21-12-10-15-24-27(21)36-25(38(24)31(43)45-32(3,4)5)19-37-17-11-14-23(29(37)41)34-28(40)22(35-30(42)44-7)13-8-9-16-26(39)33-6/h9-12,14-17,20,22H,8,13,18-19H2,1-7H3,(H,33,39)(H,34,40)(H,35,42)/b16-9+/t22-/m0/s1. The summed E-state index contributed by atoms with van der Waals surface area (Å²) in [5.74, 6) is -0.326. The summed E-state index contributed by atoms with van der Waals surface area (Å²) in [6.45, 7) is 9.40. The van der Waals surface area contributed by atoms with Gasteiger partial charge < -0.3 is 30.0 Å². The topological polar surface area (TPSA) is 163 Å². The molecule has 0 radical (unpaired) electrons. The fourth-order valence-corrected chi connectivity index (χ4v) is 4.56. The number of allylic oxidation sites excluding steroid dienone is 1. The summed E-state index contributed by atoms with van der Waals surface area (Å²) < 4.78 is 13.0. The number of anilines is 1. The van der Waals surface area contributed by atoms with Crippen LogP contribution in [0.1, 0.15) is 58.8 Å². The molecule has 3 amide bonds. The van der Waals surface area contributed by atoms with Gasteiger partial charge in [-0.2, -0.15) is 0 Å². The first-order chi connectivity index (χ1) is 21.2. The van der Waals surface area contributed by atoms with Gasteiger partial charge in [-0.1, -0.05) is 32.1 Å². The van der Waals surface area contributed by atoms with Crippen LogP contribution in [0.3, 0.4) is 0 Å². The number of ether oxygens (including phenoxy) is 2. The van der Waals surface area contributed by atoms with E-state index in [1.807, 2.05) is 12.1 Å². The maximum Gasteiger partial charge on any atom is 0.420 e. The highest BCUT2D eigenvalue weighted by Crippen LogP contribution is 2.24. The molecule has 2 aromatic heterocycles. The van der Waals surface area contributed by atoms with Crippen molar-refractivity contribution < 1.29 is 28.7 Å². The van der Waals surface area contributed by atoms with Crippen LogP contribution in [0.2, 0.25) is 0 Å². The first kappa shape index (κ1) is 34.5. The van der Waals surface area contributed by atoms with E-state index in [0.29, 0.717) is 17.0 Å². The van der Waals surface area contributed by atoms with Gasteiger partial charge in [0.25, 0.3) is 5.56 Å². The van der Waals surface area contributed by atoms with Gasteiger partial charge in [-0.15, -0.1) is 0 Å². The third-order valence-electron chi connectivity index (χ3n) is 6.56. The highest BCUT2D eigenvalue weighted by molar-refractivity contribution is 5.96. The number of para-hydroxylation sites is 1. The zero-order chi connectivity index (χ0) is 33.3. The smallest absolute Gasteiger partial charge is 0.420 e. The molecule has 1 atom stereocenters. The number of benzene rings is 1. The first-order valence-electron chi connectivity index (χ1n) is 14.7. The number of fused-ring (bicyclic) bond motifs is 1. The van der Waals surface area contributed by atoms with Gasteiger partial charge >= 0.3 is 12.2 Å². The molecule has 2 heterocycles. The van der Waals surface area contributed by atoms with Gasteiger partial charge in [-0.3, -0.25) is 14.4 Å². The maximum absolute atomic E-state index is 13.5. The Hall–Kier alpha value is -4.94. The Labute approximate surface area is 262 Å². The molecule has 45 heavy (non-hydrogen) atoms. The van der Waals surface area contributed by atoms with E-state index in [-0.39, 0.29) is 36.8 Å². The number of rotatable bonds is 11. The molecule has 0 fully saturated rings. The molecule has 3 N–H and O–H groups in total. The first-order valence-corrected chi connectivity index (χ1v) is 14.7. The van der Waals surface area contributed by atoms with Crippen LogP contribution in [0, 0.1) is 5.92 Å². The lowest BCUT2D eigenvalue weighted by Crippen LogP contribution is -2.44. The normalized spacial score (nSPS) is 12.3. The lowest BCUT2D eigenvalue weighted by atomic mass is 10.0. The minimum Gasteiger partial charge on any atom is -0.453 e. The van der Waals surface area contributed by atoms with Crippen LogP contribution in [0.15, 0.2) is 53.5 Å².